The van der Waals surface area contributed by atoms with Gasteiger partial charge in [-0.25, -0.2) is 10.4 Å². The minimum atomic E-state index is -0.393. The zero-order chi connectivity index (χ0) is 19.1. The molecule has 1 aliphatic rings. The molecule has 1 aromatic rings. The van der Waals surface area contributed by atoms with Crippen LogP contribution in [0.3, 0.4) is 0 Å². The number of hydrazone groups is 1. The Morgan fingerprint density at radius 1 is 1.46 bits per heavy atom. The molecule has 0 radical (unpaired) electrons. The summed E-state index contributed by atoms with van der Waals surface area (Å²) < 4.78 is 11.3. The van der Waals surface area contributed by atoms with Gasteiger partial charge in [-0.2, -0.15) is 10.4 Å². The van der Waals surface area contributed by atoms with E-state index in [9.17, 15) is 10.1 Å². The molecule has 2 heterocycles. The third-order valence-corrected chi connectivity index (χ3v) is 5.06. The number of aromatic nitrogens is 1. The second-order valence-electron chi connectivity index (χ2n) is 6.02. The molecule has 0 aliphatic carbocycles. The Morgan fingerprint density at radius 2 is 2.15 bits per heavy atom. The van der Waals surface area contributed by atoms with Gasteiger partial charge in [-0.3, -0.25) is 4.79 Å². The molecule has 1 amide bonds. The summed E-state index contributed by atoms with van der Waals surface area (Å²) in [6.07, 6.45) is 1.67. The lowest BCUT2D eigenvalue weighted by molar-refractivity contribution is -0.123. The standard InChI is InChI=1S/C17H22BrN5O3/c1-11-16(18)14(9-25-3)13(8-19)17(20-11)26-10-15(24)22-21-12-4-6-23(2)7-5-12/h4-7,9-10H2,1-3H3,(H,22,24). The van der Waals surface area contributed by atoms with Crippen LogP contribution < -0.4 is 10.2 Å². The topological polar surface area (TPSA) is 99.8 Å². The molecule has 2 rings (SSSR count). The number of nitrogens with zero attached hydrogens (tertiary/aromatic N) is 4. The van der Waals surface area contributed by atoms with Gasteiger partial charge >= 0.3 is 0 Å². The smallest absolute Gasteiger partial charge is 0.278 e. The first kappa shape index (κ1) is 20.3. The molecule has 0 bridgehead atoms. The third-order valence-electron chi connectivity index (χ3n) is 4.01. The fourth-order valence-electron chi connectivity index (χ4n) is 2.51. The van der Waals surface area contributed by atoms with Crippen molar-refractivity contribution in [3.63, 3.8) is 0 Å². The van der Waals surface area contributed by atoms with E-state index < -0.39 is 5.91 Å². The van der Waals surface area contributed by atoms with Gasteiger partial charge in [0.1, 0.15) is 11.6 Å². The van der Waals surface area contributed by atoms with Crippen LogP contribution in [0.4, 0.5) is 0 Å². The SMILES string of the molecule is COCc1c(Br)c(C)nc(OCC(=O)NN=C2CCN(C)CC2)c1C#N. The maximum Gasteiger partial charge on any atom is 0.278 e. The van der Waals surface area contributed by atoms with Gasteiger partial charge < -0.3 is 14.4 Å². The maximum absolute atomic E-state index is 12.0. The van der Waals surface area contributed by atoms with Crippen LogP contribution in [0.25, 0.3) is 0 Å². The predicted molar refractivity (Wildman–Crippen MR) is 99.9 cm³/mol. The summed E-state index contributed by atoms with van der Waals surface area (Å²) in [7, 11) is 3.60. The number of carbonyl (C=O) groups excluding carboxylic acids is 1. The van der Waals surface area contributed by atoms with Crippen LogP contribution in [-0.2, 0) is 16.1 Å². The second kappa shape index (κ2) is 9.62. The largest absolute Gasteiger partial charge is 0.467 e. The number of nitriles is 1. The summed E-state index contributed by atoms with van der Waals surface area (Å²) in [5, 5.41) is 13.6. The van der Waals surface area contributed by atoms with Gasteiger partial charge in [-0.1, -0.05) is 0 Å². The zero-order valence-electron chi connectivity index (χ0n) is 15.1. The number of nitrogens with one attached hydrogen (secondary N) is 1. The number of aryl methyl sites for hydroxylation is 1. The average molecular weight is 424 g/mol. The number of ether oxygens (including phenoxy) is 2. The molecule has 1 N–H and O–H groups in total. The highest BCUT2D eigenvalue weighted by atomic mass is 79.9. The summed E-state index contributed by atoms with van der Waals surface area (Å²) in [4.78, 5) is 18.5. The van der Waals surface area contributed by atoms with Crippen LogP contribution in [0.1, 0.15) is 29.7 Å². The van der Waals surface area contributed by atoms with Crippen molar-refractivity contribution in [1.29, 1.82) is 5.26 Å². The fourth-order valence-corrected chi connectivity index (χ4v) is 2.91. The number of amides is 1. The van der Waals surface area contributed by atoms with E-state index in [1.54, 1.807) is 14.0 Å². The van der Waals surface area contributed by atoms with Gasteiger partial charge in [-0.05, 0) is 29.9 Å². The highest BCUT2D eigenvalue weighted by Crippen LogP contribution is 2.29. The minimum Gasteiger partial charge on any atom is -0.467 e. The number of hydrogen-bond donors (Lipinski definition) is 1. The Hall–Kier alpha value is -2.02. The molecule has 0 aromatic carbocycles. The van der Waals surface area contributed by atoms with E-state index in [4.69, 9.17) is 9.47 Å². The lowest BCUT2D eigenvalue weighted by Crippen LogP contribution is -2.32. The molecule has 9 heteroatoms. The van der Waals surface area contributed by atoms with Gasteiger partial charge in [-0.15, -0.1) is 0 Å². The van der Waals surface area contributed by atoms with Gasteiger partial charge in [0.2, 0.25) is 5.88 Å². The van der Waals surface area contributed by atoms with Crippen LogP contribution in [0.5, 0.6) is 5.88 Å². The van der Waals surface area contributed by atoms with E-state index in [1.807, 2.05) is 0 Å². The normalized spacial score (nSPS) is 14.7. The van der Waals surface area contributed by atoms with Crippen molar-refractivity contribution >= 4 is 27.5 Å². The quantitative estimate of drug-likeness (QED) is 0.699. The van der Waals surface area contributed by atoms with E-state index in [0.29, 0.717) is 15.7 Å². The molecule has 1 aliphatic heterocycles. The van der Waals surface area contributed by atoms with Crippen LogP contribution in [0, 0.1) is 18.3 Å². The number of rotatable bonds is 6. The summed E-state index contributed by atoms with van der Waals surface area (Å²) in [6, 6.07) is 2.07. The molecule has 8 nitrogen and oxygen atoms in total. The van der Waals surface area contributed by atoms with Crippen LogP contribution >= 0.6 is 15.9 Å². The van der Waals surface area contributed by atoms with E-state index in [-0.39, 0.29) is 24.7 Å². The number of halogens is 1. The maximum atomic E-state index is 12.0. The number of methoxy groups -OCH3 is 1. The monoisotopic (exact) mass is 423 g/mol. The summed E-state index contributed by atoms with van der Waals surface area (Å²) >= 11 is 3.41. The van der Waals surface area contributed by atoms with Crippen LogP contribution in [-0.4, -0.2) is 55.4 Å². The molecular formula is C17H22BrN5O3. The van der Waals surface area contributed by atoms with Gasteiger partial charge in [0, 0.05) is 48.8 Å². The third kappa shape index (κ3) is 5.24. The average Bonchev–Trinajstić information content (AvgIpc) is 2.63. The Morgan fingerprint density at radius 3 is 2.77 bits per heavy atom. The number of piperidine rings is 1. The van der Waals surface area contributed by atoms with E-state index >= 15 is 0 Å². The Kier molecular flexibility index (Phi) is 7.50. The van der Waals surface area contributed by atoms with E-state index in [2.05, 4.69) is 49.5 Å². The van der Waals surface area contributed by atoms with Gasteiger partial charge in [0.15, 0.2) is 6.61 Å². The molecule has 0 atom stereocenters. The Bertz CT molecular complexity index is 735. The first-order valence-corrected chi connectivity index (χ1v) is 8.99. The van der Waals surface area contributed by atoms with Crippen molar-refractivity contribution in [3.8, 4) is 11.9 Å². The molecule has 1 aromatic heterocycles. The van der Waals surface area contributed by atoms with Crippen LogP contribution in [0.15, 0.2) is 9.57 Å². The summed E-state index contributed by atoms with van der Waals surface area (Å²) in [5.41, 5.74) is 5.01. The lowest BCUT2D eigenvalue weighted by Gasteiger charge is -2.22. The van der Waals surface area contributed by atoms with E-state index in [0.717, 1.165) is 31.6 Å². The second-order valence-corrected chi connectivity index (χ2v) is 6.81. The number of pyridine rings is 1. The minimum absolute atomic E-state index is 0.113. The molecule has 26 heavy (non-hydrogen) atoms. The molecule has 0 saturated carbocycles. The molecule has 0 unspecified atom stereocenters. The Balaban J connectivity index is 2.01. The van der Waals surface area contributed by atoms with Gasteiger partial charge in [0.25, 0.3) is 5.91 Å². The molecule has 0 spiro atoms. The van der Waals surface area contributed by atoms with Crippen molar-refractivity contribution in [1.82, 2.24) is 15.3 Å². The van der Waals surface area contributed by atoms with Crippen molar-refractivity contribution in [2.75, 3.05) is 33.9 Å². The summed E-state index contributed by atoms with van der Waals surface area (Å²) in [6.45, 7) is 3.61. The lowest BCUT2D eigenvalue weighted by atomic mass is 10.1. The number of hydrogen-bond acceptors (Lipinski definition) is 7. The van der Waals surface area contributed by atoms with Crippen molar-refractivity contribution in [3.05, 3.63) is 21.3 Å². The highest BCUT2D eigenvalue weighted by molar-refractivity contribution is 9.10. The zero-order valence-corrected chi connectivity index (χ0v) is 16.7. The number of carbonyl (C=O) groups is 1. The molecule has 140 valence electrons. The molecule has 1 fully saturated rings. The first-order chi connectivity index (χ1) is 12.5. The van der Waals surface area contributed by atoms with Crippen LogP contribution in [0.2, 0.25) is 0 Å². The predicted octanol–water partition coefficient (Wildman–Crippen LogP) is 1.75. The van der Waals surface area contributed by atoms with Gasteiger partial charge in [0.05, 0.1) is 12.3 Å². The van der Waals surface area contributed by atoms with Crippen molar-refractivity contribution < 1.29 is 14.3 Å². The first-order valence-electron chi connectivity index (χ1n) is 8.19. The summed E-state index contributed by atoms with van der Waals surface area (Å²) in [5.74, 6) is -0.279. The van der Waals surface area contributed by atoms with Crippen molar-refractivity contribution in [2.24, 2.45) is 5.10 Å². The van der Waals surface area contributed by atoms with Crippen molar-refractivity contribution in [2.45, 2.75) is 26.4 Å². The Labute approximate surface area is 161 Å². The number of likely N-dealkylation sites (tertiary alicyclic amines) is 1. The molecule has 1 saturated heterocycles. The van der Waals surface area contributed by atoms with E-state index in [1.165, 1.54) is 0 Å². The molecular weight excluding hydrogens is 402 g/mol. The highest BCUT2D eigenvalue weighted by Gasteiger charge is 2.18. The fraction of sp³-hybridized carbons (Fsp3) is 0.529.